The summed E-state index contributed by atoms with van der Waals surface area (Å²) in [7, 11) is 1.33. The maximum Gasteiger partial charge on any atom is 0.411 e. The van der Waals surface area contributed by atoms with Gasteiger partial charge in [0.15, 0.2) is 0 Å². The van der Waals surface area contributed by atoms with Crippen molar-refractivity contribution in [2.24, 2.45) is 5.73 Å². The summed E-state index contributed by atoms with van der Waals surface area (Å²) in [5.41, 5.74) is 4.03. The Hall–Kier alpha value is -1.30. The first kappa shape index (κ1) is 15.8. The summed E-state index contributed by atoms with van der Waals surface area (Å²) >= 11 is 0. The molecule has 2 N–H and O–H groups in total. The van der Waals surface area contributed by atoms with E-state index in [9.17, 15) is 9.59 Å². The van der Waals surface area contributed by atoms with Crippen molar-refractivity contribution >= 4 is 12.1 Å². The fourth-order valence-corrected chi connectivity index (χ4v) is 2.46. The third-order valence-corrected chi connectivity index (χ3v) is 3.23. The summed E-state index contributed by atoms with van der Waals surface area (Å²) in [6.07, 6.45) is 1.22. The van der Waals surface area contributed by atoms with E-state index in [1.54, 1.807) is 20.8 Å². The van der Waals surface area contributed by atoms with Gasteiger partial charge in [-0.25, -0.2) is 9.59 Å². The molecule has 1 fully saturated rings. The number of hydrogen-bond donors (Lipinski definition) is 1. The van der Waals surface area contributed by atoms with Gasteiger partial charge in [-0.1, -0.05) is 0 Å². The molecule has 0 aromatic rings. The van der Waals surface area contributed by atoms with Gasteiger partial charge in [-0.3, -0.25) is 4.90 Å². The molecule has 1 aliphatic heterocycles. The van der Waals surface area contributed by atoms with E-state index in [2.05, 4.69) is 0 Å². The number of likely N-dealkylation sites (tertiary alicyclic amines) is 1. The fourth-order valence-electron chi connectivity index (χ4n) is 2.46. The van der Waals surface area contributed by atoms with E-state index in [4.69, 9.17) is 15.2 Å². The zero-order valence-corrected chi connectivity index (χ0v) is 12.2. The second kappa shape index (κ2) is 5.77. The summed E-state index contributed by atoms with van der Waals surface area (Å²) in [6, 6.07) is 0. The zero-order chi connectivity index (χ0) is 14.7. The van der Waals surface area contributed by atoms with E-state index >= 15 is 0 Å². The van der Waals surface area contributed by atoms with Gasteiger partial charge in [-0.05, 0) is 46.6 Å². The molecule has 0 spiro atoms. The van der Waals surface area contributed by atoms with Crippen molar-refractivity contribution in [3.8, 4) is 0 Å². The Morgan fingerprint density at radius 2 is 2.00 bits per heavy atom. The second-order valence-corrected chi connectivity index (χ2v) is 5.80. The lowest BCUT2D eigenvalue weighted by Crippen LogP contribution is -2.55. The lowest BCUT2D eigenvalue weighted by Gasteiger charge is -2.36. The van der Waals surface area contributed by atoms with Crippen LogP contribution in [0, 0.1) is 0 Å². The average Bonchev–Trinajstić information content (AvgIpc) is 2.71. The van der Waals surface area contributed by atoms with Crippen molar-refractivity contribution in [3.63, 3.8) is 0 Å². The summed E-state index contributed by atoms with van der Waals surface area (Å²) in [5.74, 6) is -0.415. The highest BCUT2D eigenvalue weighted by Crippen LogP contribution is 2.34. The van der Waals surface area contributed by atoms with Crippen molar-refractivity contribution < 1.29 is 19.1 Å². The summed E-state index contributed by atoms with van der Waals surface area (Å²) in [6.45, 7) is 6.19. The van der Waals surface area contributed by atoms with E-state index in [0.29, 0.717) is 25.9 Å². The van der Waals surface area contributed by atoms with Gasteiger partial charge in [0.25, 0.3) is 0 Å². The molecule has 0 aliphatic carbocycles. The average molecular weight is 272 g/mol. The van der Waals surface area contributed by atoms with E-state index in [1.165, 1.54) is 12.0 Å². The molecule has 1 atom stereocenters. The second-order valence-electron chi connectivity index (χ2n) is 5.80. The number of carbonyl (C=O) groups is 2. The number of methoxy groups -OCH3 is 1. The topological polar surface area (TPSA) is 81.9 Å². The Morgan fingerprint density at radius 3 is 2.47 bits per heavy atom. The fraction of sp³-hybridized carbons (Fsp3) is 0.846. The molecular formula is C13H24N2O4. The van der Waals surface area contributed by atoms with Crippen LogP contribution in [0.25, 0.3) is 0 Å². The van der Waals surface area contributed by atoms with Crippen LogP contribution in [0.4, 0.5) is 4.79 Å². The van der Waals surface area contributed by atoms with Crippen LogP contribution >= 0.6 is 0 Å². The monoisotopic (exact) mass is 272 g/mol. The summed E-state index contributed by atoms with van der Waals surface area (Å²) in [5, 5.41) is 0. The third kappa shape index (κ3) is 3.37. The minimum atomic E-state index is -0.966. The lowest BCUT2D eigenvalue weighted by atomic mass is 9.92. The molecule has 6 heteroatoms. The summed E-state index contributed by atoms with van der Waals surface area (Å²) < 4.78 is 10.2. The molecule has 0 radical (unpaired) electrons. The van der Waals surface area contributed by atoms with Crippen molar-refractivity contribution in [1.82, 2.24) is 4.90 Å². The SMILES string of the molecule is COC(=O)C1(CCN)CCCN1C(=O)OC(C)(C)C. The van der Waals surface area contributed by atoms with Crippen LogP contribution in [0.5, 0.6) is 0 Å². The van der Waals surface area contributed by atoms with Gasteiger partial charge in [-0.2, -0.15) is 0 Å². The zero-order valence-electron chi connectivity index (χ0n) is 12.2. The number of carbonyl (C=O) groups excluding carboxylic acids is 2. The highest BCUT2D eigenvalue weighted by Gasteiger charge is 2.51. The quantitative estimate of drug-likeness (QED) is 0.783. The standard InChI is InChI=1S/C13H24N2O4/c1-12(2,3)19-11(17)15-9-5-6-13(15,7-8-14)10(16)18-4/h5-9,14H2,1-4H3. The number of nitrogens with two attached hydrogens (primary N) is 1. The number of esters is 1. The molecule has 0 bridgehead atoms. The largest absolute Gasteiger partial charge is 0.467 e. The van der Waals surface area contributed by atoms with Gasteiger partial charge in [-0.15, -0.1) is 0 Å². The maximum absolute atomic E-state index is 12.2. The van der Waals surface area contributed by atoms with Gasteiger partial charge in [0.1, 0.15) is 11.1 Å². The molecule has 19 heavy (non-hydrogen) atoms. The van der Waals surface area contributed by atoms with Crippen molar-refractivity contribution in [1.29, 1.82) is 0 Å². The molecule has 1 rings (SSSR count). The Morgan fingerprint density at radius 1 is 1.37 bits per heavy atom. The normalized spacial score (nSPS) is 23.3. The molecule has 1 amide bonds. The molecule has 1 saturated heterocycles. The van der Waals surface area contributed by atoms with Crippen LogP contribution in [0.3, 0.4) is 0 Å². The molecule has 0 saturated carbocycles. The van der Waals surface area contributed by atoms with Crippen molar-refractivity contribution in [3.05, 3.63) is 0 Å². The highest BCUT2D eigenvalue weighted by molar-refractivity contribution is 5.86. The molecular weight excluding hydrogens is 248 g/mol. The lowest BCUT2D eigenvalue weighted by molar-refractivity contribution is -0.153. The first-order valence-electron chi connectivity index (χ1n) is 6.56. The molecule has 1 heterocycles. The van der Waals surface area contributed by atoms with Crippen molar-refractivity contribution in [2.45, 2.75) is 51.2 Å². The number of ether oxygens (including phenoxy) is 2. The molecule has 0 aromatic heterocycles. The van der Waals surface area contributed by atoms with E-state index in [-0.39, 0.29) is 0 Å². The van der Waals surface area contributed by atoms with Crippen LogP contribution < -0.4 is 5.73 Å². The van der Waals surface area contributed by atoms with Gasteiger partial charge < -0.3 is 15.2 Å². The van der Waals surface area contributed by atoms with E-state index in [0.717, 1.165) is 6.42 Å². The van der Waals surface area contributed by atoms with Gasteiger partial charge in [0.05, 0.1) is 7.11 Å². The molecule has 110 valence electrons. The highest BCUT2D eigenvalue weighted by atomic mass is 16.6. The molecule has 6 nitrogen and oxygen atoms in total. The van der Waals surface area contributed by atoms with Crippen LogP contribution in [-0.2, 0) is 14.3 Å². The predicted octanol–water partition coefficient (Wildman–Crippen LogP) is 1.28. The first-order chi connectivity index (χ1) is 8.77. The third-order valence-electron chi connectivity index (χ3n) is 3.23. The van der Waals surface area contributed by atoms with Gasteiger partial charge >= 0.3 is 12.1 Å². The predicted molar refractivity (Wildman–Crippen MR) is 70.6 cm³/mol. The number of nitrogens with zero attached hydrogens (tertiary/aromatic N) is 1. The minimum Gasteiger partial charge on any atom is -0.467 e. The first-order valence-corrected chi connectivity index (χ1v) is 6.56. The molecule has 1 aliphatic rings. The van der Waals surface area contributed by atoms with Crippen LogP contribution in [0.15, 0.2) is 0 Å². The van der Waals surface area contributed by atoms with Crippen molar-refractivity contribution in [2.75, 3.05) is 20.2 Å². The Labute approximate surface area is 114 Å². The summed E-state index contributed by atoms with van der Waals surface area (Å²) in [4.78, 5) is 25.8. The Kier molecular flexibility index (Phi) is 4.79. The smallest absolute Gasteiger partial charge is 0.411 e. The molecule has 0 aromatic carbocycles. The maximum atomic E-state index is 12.2. The van der Waals surface area contributed by atoms with Crippen LogP contribution in [0.1, 0.15) is 40.0 Å². The van der Waals surface area contributed by atoms with Gasteiger partial charge in [0, 0.05) is 6.54 Å². The Balaban J connectivity index is 2.96. The molecule has 1 unspecified atom stereocenters. The number of hydrogen-bond acceptors (Lipinski definition) is 5. The van der Waals surface area contributed by atoms with E-state index < -0.39 is 23.2 Å². The Bertz CT molecular complexity index is 351. The van der Waals surface area contributed by atoms with Crippen LogP contribution in [0.2, 0.25) is 0 Å². The van der Waals surface area contributed by atoms with Gasteiger partial charge in [0.2, 0.25) is 0 Å². The number of amides is 1. The van der Waals surface area contributed by atoms with E-state index in [1.807, 2.05) is 0 Å². The minimum absolute atomic E-state index is 0.314. The van der Waals surface area contributed by atoms with Crippen LogP contribution in [-0.4, -0.2) is 48.3 Å². The number of rotatable bonds is 3.